The van der Waals surface area contributed by atoms with E-state index in [2.05, 4.69) is 29.7 Å². The van der Waals surface area contributed by atoms with E-state index in [0.29, 0.717) is 19.0 Å². The largest absolute Gasteiger partial charge is 0.494 e. The second-order valence-corrected chi connectivity index (χ2v) is 6.14. The molecule has 0 aromatic carbocycles. The molecule has 0 unspecified atom stereocenters. The fraction of sp³-hybridized carbons (Fsp3) is 0.391. The lowest BCUT2D eigenvalue weighted by atomic mass is 10.2. The summed E-state index contributed by atoms with van der Waals surface area (Å²) in [6, 6.07) is 3.77. The van der Waals surface area contributed by atoms with Crippen LogP contribution in [0, 0.1) is 0 Å². The zero-order chi connectivity index (χ0) is 19.7. The second-order valence-electron chi connectivity index (χ2n) is 6.14. The summed E-state index contributed by atoms with van der Waals surface area (Å²) in [5.74, 6) is 1.42. The lowest BCUT2D eigenvalue weighted by Gasteiger charge is -2.07. The molecule has 0 N–H and O–H groups in total. The molecule has 146 valence electrons. The van der Waals surface area contributed by atoms with Crippen LogP contribution in [-0.4, -0.2) is 23.9 Å². The van der Waals surface area contributed by atoms with E-state index in [0.717, 1.165) is 55.7 Å². The Morgan fingerprint density at radius 1 is 1.11 bits per heavy atom. The summed E-state index contributed by atoms with van der Waals surface area (Å²) in [6.07, 6.45) is 15.2. The van der Waals surface area contributed by atoms with Crippen LogP contribution < -0.4 is 4.74 Å². The summed E-state index contributed by atoms with van der Waals surface area (Å²) in [4.78, 5) is 8.76. The molecule has 0 aliphatic carbocycles. The van der Waals surface area contributed by atoms with Gasteiger partial charge >= 0.3 is 0 Å². The Kier molecular flexibility index (Phi) is 12.1. The average Bonchev–Trinajstić information content (AvgIpc) is 2.68. The molecule has 1 heterocycles. The number of rotatable bonds is 15. The molecule has 1 rings (SSSR count). The van der Waals surface area contributed by atoms with E-state index in [1.54, 1.807) is 18.5 Å². The minimum Gasteiger partial charge on any atom is -0.494 e. The Bertz CT molecular complexity index is 648. The second kappa shape index (κ2) is 14.5. The third-order valence-electron chi connectivity index (χ3n) is 3.79. The molecule has 0 amide bonds. The zero-order valence-corrected chi connectivity index (χ0v) is 16.5. The summed E-state index contributed by atoms with van der Waals surface area (Å²) in [5.41, 5.74) is 1.60. The summed E-state index contributed by atoms with van der Waals surface area (Å²) in [7, 11) is 0. The van der Waals surface area contributed by atoms with E-state index < -0.39 is 0 Å². The Hall–Kier alpha value is -2.62. The minimum absolute atomic E-state index is 0.606. The number of aliphatic imine (C=N–C) groups is 1. The molecular formula is C23H32N2O2. The van der Waals surface area contributed by atoms with Crippen LogP contribution in [0.25, 0.3) is 0 Å². The maximum atomic E-state index is 5.77. The SMILES string of the molecule is C=CCCCCOC(=C)/C=C\N=C(/C)c1cc(OCCCCC=C)ccn1. The van der Waals surface area contributed by atoms with Crippen molar-refractivity contribution in [3.63, 3.8) is 0 Å². The molecule has 0 spiro atoms. The number of hydrogen-bond donors (Lipinski definition) is 0. The fourth-order valence-electron chi connectivity index (χ4n) is 2.22. The van der Waals surface area contributed by atoms with Gasteiger partial charge in [0.1, 0.15) is 11.5 Å². The summed E-state index contributed by atoms with van der Waals surface area (Å²) in [5, 5.41) is 0. The van der Waals surface area contributed by atoms with Crippen molar-refractivity contribution in [1.82, 2.24) is 4.98 Å². The van der Waals surface area contributed by atoms with E-state index in [1.165, 1.54) is 0 Å². The van der Waals surface area contributed by atoms with Crippen molar-refractivity contribution in [2.75, 3.05) is 13.2 Å². The van der Waals surface area contributed by atoms with E-state index in [4.69, 9.17) is 9.47 Å². The molecular weight excluding hydrogens is 336 g/mol. The predicted octanol–water partition coefficient (Wildman–Crippen LogP) is 6.03. The van der Waals surface area contributed by atoms with Gasteiger partial charge in [-0.05, 0) is 57.6 Å². The smallest absolute Gasteiger partial charge is 0.123 e. The van der Waals surface area contributed by atoms with Crippen LogP contribution >= 0.6 is 0 Å². The highest BCUT2D eigenvalue weighted by Gasteiger charge is 2.01. The number of unbranched alkanes of at least 4 members (excludes halogenated alkanes) is 4. The van der Waals surface area contributed by atoms with Gasteiger partial charge < -0.3 is 9.47 Å². The number of pyridine rings is 1. The van der Waals surface area contributed by atoms with Crippen LogP contribution in [0.1, 0.15) is 51.1 Å². The van der Waals surface area contributed by atoms with Gasteiger partial charge in [0.25, 0.3) is 0 Å². The van der Waals surface area contributed by atoms with Crippen LogP contribution in [0.4, 0.5) is 0 Å². The molecule has 0 bridgehead atoms. The molecule has 4 nitrogen and oxygen atoms in total. The Morgan fingerprint density at radius 2 is 1.81 bits per heavy atom. The molecule has 0 aliphatic rings. The van der Waals surface area contributed by atoms with E-state index in [9.17, 15) is 0 Å². The molecule has 0 atom stereocenters. The van der Waals surface area contributed by atoms with Crippen molar-refractivity contribution < 1.29 is 9.47 Å². The van der Waals surface area contributed by atoms with Gasteiger partial charge in [0.15, 0.2) is 0 Å². The number of hydrogen-bond acceptors (Lipinski definition) is 4. The quantitative estimate of drug-likeness (QED) is 0.125. The van der Waals surface area contributed by atoms with Gasteiger partial charge in [-0.2, -0.15) is 0 Å². The molecule has 1 aromatic rings. The normalized spacial score (nSPS) is 11.4. The van der Waals surface area contributed by atoms with Gasteiger partial charge in [0.2, 0.25) is 0 Å². The summed E-state index contributed by atoms with van der Waals surface area (Å²) < 4.78 is 11.3. The summed E-state index contributed by atoms with van der Waals surface area (Å²) in [6.45, 7) is 14.6. The number of allylic oxidation sites excluding steroid dienone is 3. The Balaban J connectivity index is 2.44. The fourth-order valence-corrected chi connectivity index (χ4v) is 2.22. The van der Waals surface area contributed by atoms with Gasteiger partial charge in [0.05, 0.1) is 24.6 Å². The first-order chi connectivity index (χ1) is 13.2. The predicted molar refractivity (Wildman–Crippen MR) is 114 cm³/mol. The molecule has 4 heteroatoms. The topological polar surface area (TPSA) is 43.7 Å². The zero-order valence-electron chi connectivity index (χ0n) is 16.5. The standard InChI is InChI=1S/C23H32N2O2/c1-5-7-9-11-17-26-20(3)13-15-24-21(4)23-19-22(14-16-25-23)27-18-12-10-8-6-2/h5-6,13-16,19H,1-3,7-12,17-18H2,4H3/b15-13-,24-21+. The van der Waals surface area contributed by atoms with Crippen molar-refractivity contribution >= 4 is 5.71 Å². The van der Waals surface area contributed by atoms with Crippen LogP contribution in [0.5, 0.6) is 5.75 Å². The first-order valence-electron chi connectivity index (χ1n) is 9.51. The highest BCUT2D eigenvalue weighted by Crippen LogP contribution is 2.13. The maximum Gasteiger partial charge on any atom is 0.123 e. The van der Waals surface area contributed by atoms with E-state index >= 15 is 0 Å². The van der Waals surface area contributed by atoms with Gasteiger partial charge in [-0.3, -0.25) is 9.98 Å². The van der Waals surface area contributed by atoms with Crippen molar-refractivity contribution in [3.05, 3.63) is 73.9 Å². The van der Waals surface area contributed by atoms with Crippen molar-refractivity contribution in [3.8, 4) is 5.75 Å². The van der Waals surface area contributed by atoms with E-state index in [-0.39, 0.29) is 0 Å². The maximum absolute atomic E-state index is 5.77. The summed E-state index contributed by atoms with van der Waals surface area (Å²) >= 11 is 0. The molecule has 0 radical (unpaired) electrons. The van der Waals surface area contributed by atoms with Gasteiger partial charge in [-0.15, -0.1) is 13.2 Å². The molecule has 0 saturated carbocycles. The number of nitrogens with zero attached hydrogens (tertiary/aromatic N) is 2. The third kappa shape index (κ3) is 10.9. The lowest BCUT2D eigenvalue weighted by molar-refractivity contribution is 0.219. The highest BCUT2D eigenvalue weighted by atomic mass is 16.5. The van der Waals surface area contributed by atoms with Crippen molar-refractivity contribution in [2.45, 2.75) is 45.4 Å². The van der Waals surface area contributed by atoms with E-state index in [1.807, 2.05) is 31.2 Å². The van der Waals surface area contributed by atoms with Gasteiger partial charge in [0, 0.05) is 18.5 Å². The Labute approximate surface area is 164 Å². The van der Waals surface area contributed by atoms with Crippen LogP contribution in [0.15, 0.2) is 73.2 Å². The highest BCUT2D eigenvalue weighted by molar-refractivity contribution is 5.97. The molecule has 27 heavy (non-hydrogen) atoms. The van der Waals surface area contributed by atoms with Crippen LogP contribution in [-0.2, 0) is 4.74 Å². The van der Waals surface area contributed by atoms with Crippen molar-refractivity contribution in [1.29, 1.82) is 0 Å². The molecule has 1 aromatic heterocycles. The van der Waals surface area contributed by atoms with Gasteiger partial charge in [-0.1, -0.05) is 18.7 Å². The van der Waals surface area contributed by atoms with Crippen LogP contribution in [0.3, 0.4) is 0 Å². The number of ether oxygens (including phenoxy) is 2. The first-order valence-corrected chi connectivity index (χ1v) is 9.51. The molecule has 0 aliphatic heterocycles. The number of aromatic nitrogens is 1. The monoisotopic (exact) mass is 368 g/mol. The molecule has 0 saturated heterocycles. The lowest BCUT2D eigenvalue weighted by Crippen LogP contribution is -2.01. The van der Waals surface area contributed by atoms with Crippen LogP contribution in [0.2, 0.25) is 0 Å². The third-order valence-corrected chi connectivity index (χ3v) is 3.79. The average molecular weight is 369 g/mol. The Morgan fingerprint density at radius 3 is 2.52 bits per heavy atom. The first kappa shape index (κ1) is 22.4. The van der Waals surface area contributed by atoms with Gasteiger partial charge in [-0.25, -0.2) is 0 Å². The molecule has 0 fully saturated rings. The minimum atomic E-state index is 0.606. The van der Waals surface area contributed by atoms with Crippen molar-refractivity contribution in [2.24, 2.45) is 4.99 Å².